The van der Waals surface area contributed by atoms with Crippen molar-refractivity contribution in [2.24, 2.45) is 11.8 Å². The quantitative estimate of drug-likeness (QED) is 0.208. The molecule has 0 bridgehead atoms. The molecule has 1 aliphatic heterocycles. The summed E-state index contributed by atoms with van der Waals surface area (Å²) in [4.78, 5) is 51.0. The number of ketones is 1. The first-order valence-corrected chi connectivity index (χ1v) is 12.5. The van der Waals surface area contributed by atoms with E-state index in [1.54, 1.807) is 13.0 Å². The summed E-state index contributed by atoms with van der Waals surface area (Å²) in [7, 11) is 1.24. The number of carbonyl (C=O) groups is 3. The maximum atomic E-state index is 13.8. The van der Waals surface area contributed by atoms with E-state index in [4.69, 9.17) is 9.47 Å². The molecule has 4 rings (SSSR count). The Hall–Kier alpha value is -3.49. The third-order valence-corrected chi connectivity index (χ3v) is 7.45. The predicted molar refractivity (Wildman–Crippen MR) is 131 cm³/mol. The van der Waals surface area contributed by atoms with Gasteiger partial charge in [0.2, 0.25) is 0 Å². The van der Waals surface area contributed by atoms with Crippen LogP contribution >= 0.6 is 0 Å². The van der Waals surface area contributed by atoms with Crippen LogP contribution in [0.15, 0.2) is 46.8 Å². The molecule has 1 aromatic carbocycles. The number of carbonyl (C=O) groups excluding carboxylic acids is 3. The number of dihydropyridines is 1. The normalized spacial score (nSPS) is 25.0. The van der Waals surface area contributed by atoms with Crippen molar-refractivity contribution < 1.29 is 28.8 Å². The summed E-state index contributed by atoms with van der Waals surface area (Å²) >= 11 is 0. The number of benzene rings is 1. The first kappa shape index (κ1) is 25.6. The Bertz CT molecular complexity index is 1140. The molecule has 0 spiro atoms. The van der Waals surface area contributed by atoms with Crippen LogP contribution in [0.3, 0.4) is 0 Å². The van der Waals surface area contributed by atoms with E-state index in [9.17, 15) is 24.5 Å². The molecule has 192 valence electrons. The summed E-state index contributed by atoms with van der Waals surface area (Å²) in [6.45, 7) is 3.56. The van der Waals surface area contributed by atoms with Crippen LogP contribution in [0.25, 0.3) is 0 Å². The highest BCUT2D eigenvalue weighted by molar-refractivity contribution is 6.12. The van der Waals surface area contributed by atoms with Gasteiger partial charge in [0.25, 0.3) is 5.69 Å². The van der Waals surface area contributed by atoms with Crippen molar-refractivity contribution in [1.29, 1.82) is 0 Å². The molecule has 3 atom stereocenters. The van der Waals surface area contributed by atoms with E-state index in [1.807, 2.05) is 6.92 Å². The van der Waals surface area contributed by atoms with E-state index in [0.29, 0.717) is 23.4 Å². The van der Waals surface area contributed by atoms with Gasteiger partial charge in [-0.25, -0.2) is 4.79 Å². The number of Topliss-reactive ketones (excluding diaryl/α,β-unsaturated/α-hetero) is 1. The van der Waals surface area contributed by atoms with E-state index in [-0.39, 0.29) is 28.9 Å². The van der Waals surface area contributed by atoms with Crippen molar-refractivity contribution in [2.75, 3.05) is 7.11 Å². The van der Waals surface area contributed by atoms with Crippen LogP contribution in [0.2, 0.25) is 0 Å². The van der Waals surface area contributed by atoms with Crippen molar-refractivity contribution in [2.45, 2.75) is 70.8 Å². The number of nitro benzene ring substituents is 1. The molecule has 9 nitrogen and oxygen atoms in total. The number of allylic oxidation sites excluding steroid dienone is 3. The van der Waals surface area contributed by atoms with Crippen LogP contribution in [-0.2, 0) is 23.9 Å². The van der Waals surface area contributed by atoms with Crippen molar-refractivity contribution in [3.8, 4) is 0 Å². The maximum absolute atomic E-state index is 13.8. The van der Waals surface area contributed by atoms with Gasteiger partial charge in [0.05, 0.1) is 17.6 Å². The van der Waals surface area contributed by atoms with Gasteiger partial charge in [-0.15, -0.1) is 0 Å². The van der Waals surface area contributed by atoms with Crippen LogP contribution in [-0.4, -0.2) is 35.9 Å². The third kappa shape index (κ3) is 4.92. The highest BCUT2D eigenvalue weighted by Crippen LogP contribution is 2.46. The summed E-state index contributed by atoms with van der Waals surface area (Å²) in [6.07, 6.45) is 5.91. The number of nitrogens with zero attached hydrogens (tertiary/aromatic N) is 1. The van der Waals surface area contributed by atoms with Gasteiger partial charge in [-0.3, -0.25) is 19.7 Å². The Kier molecular flexibility index (Phi) is 7.56. The van der Waals surface area contributed by atoms with Gasteiger partial charge in [-0.2, -0.15) is 0 Å². The molecule has 0 unspecified atom stereocenters. The molecule has 1 fully saturated rings. The van der Waals surface area contributed by atoms with Crippen LogP contribution in [0.5, 0.6) is 0 Å². The zero-order valence-electron chi connectivity index (χ0n) is 20.9. The molecule has 2 aliphatic carbocycles. The number of methoxy groups -OCH3 is 1. The summed E-state index contributed by atoms with van der Waals surface area (Å²) in [5.41, 5.74) is 1.95. The predicted octanol–water partition coefficient (Wildman–Crippen LogP) is 4.47. The summed E-state index contributed by atoms with van der Waals surface area (Å²) < 4.78 is 10.9. The fourth-order valence-electron chi connectivity index (χ4n) is 5.68. The standard InChI is InChI=1S/C27H32N2O7/c1-15-13-20-24(25(30)21(15)26(31)35-3)23(17-9-8-10-18(14-17)29(33)34)22(16(2)28-20)27(32)36-19-11-6-4-5-7-12-19/h8-10,14-15,19,21,23,28H,4-7,11-13H2,1-3H3/t15-,21+,23-/m1/s1. The number of nitrogens with one attached hydrogen (secondary N) is 1. The molecule has 0 amide bonds. The molecule has 3 aliphatic rings. The lowest BCUT2D eigenvalue weighted by molar-refractivity contribution is -0.384. The number of esters is 2. The van der Waals surface area contributed by atoms with Crippen molar-refractivity contribution in [3.05, 3.63) is 62.5 Å². The number of nitro groups is 1. The number of ether oxygens (including phenoxy) is 2. The number of rotatable bonds is 5. The monoisotopic (exact) mass is 496 g/mol. The average Bonchev–Trinajstić information content (AvgIpc) is 3.11. The summed E-state index contributed by atoms with van der Waals surface area (Å²) in [6, 6.07) is 5.94. The Morgan fingerprint density at radius 3 is 2.47 bits per heavy atom. The van der Waals surface area contributed by atoms with Gasteiger partial charge in [0.1, 0.15) is 12.0 Å². The highest BCUT2D eigenvalue weighted by Gasteiger charge is 2.47. The Morgan fingerprint density at radius 1 is 1.14 bits per heavy atom. The SMILES string of the molecule is COC(=O)[C@@H]1C(=O)C2=C(C[C@H]1C)NC(C)=C(C(=O)OC1CCCCCC1)[C@H]2c1cccc([N+](=O)[O-])c1. The number of hydrogen-bond donors (Lipinski definition) is 1. The fourth-order valence-corrected chi connectivity index (χ4v) is 5.68. The third-order valence-electron chi connectivity index (χ3n) is 7.45. The Labute approximate surface area is 210 Å². The van der Waals surface area contributed by atoms with Crippen molar-refractivity contribution in [1.82, 2.24) is 5.32 Å². The molecular formula is C27H32N2O7. The first-order valence-electron chi connectivity index (χ1n) is 12.5. The molecule has 9 heteroatoms. The molecule has 0 radical (unpaired) electrons. The van der Waals surface area contributed by atoms with E-state index >= 15 is 0 Å². The fraction of sp³-hybridized carbons (Fsp3) is 0.519. The lowest BCUT2D eigenvalue weighted by atomic mass is 9.69. The molecule has 1 saturated carbocycles. The van der Waals surface area contributed by atoms with Gasteiger partial charge in [0.15, 0.2) is 5.78 Å². The molecule has 1 N–H and O–H groups in total. The smallest absolute Gasteiger partial charge is 0.337 e. The largest absolute Gasteiger partial charge is 0.468 e. The molecule has 1 aromatic rings. The molecule has 0 aromatic heterocycles. The van der Waals surface area contributed by atoms with Crippen LogP contribution in [0, 0.1) is 22.0 Å². The van der Waals surface area contributed by atoms with Crippen LogP contribution in [0.1, 0.15) is 70.3 Å². The van der Waals surface area contributed by atoms with E-state index in [2.05, 4.69) is 5.32 Å². The summed E-state index contributed by atoms with van der Waals surface area (Å²) in [5.74, 6) is -3.84. The average molecular weight is 497 g/mol. The van der Waals surface area contributed by atoms with Gasteiger partial charge >= 0.3 is 11.9 Å². The number of non-ortho nitro benzene ring substituents is 1. The Balaban J connectivity index is 1.80. The van der Waals surface area contributed by atoms with Gasteiger partial charge in [-0.05, 0) is 50.5 Å². The highest BCUT2D eigenvalue weighted by atomic mass is 16.6. The second kappa shape index (κ2) is 10.6. The zero-order valence-corrected chi connectivity index (χ0v) is 20.9. The van der Waals surface area contributed by atoms with Gasteiger partial charge < -0.3 is 14.8 Å². The second-order valence-corrected chi connectivity index (χ2v) is 9.91. The molecule has 36 heavy (non-hydrogen) atoms. The first-order chi connectivity index (χ1) is 17.2. The topological polar surface area (TPSA) is 125 Å². The van der Waals surface area contributed by atoms with E-state index in [1.165, 1.54) is 25.3 Å². The number of hydrogen-bond acceptors (Lipinski definition) is 8. The van der Waals surface area contributed by atoms with Gasteiger partial charge in [-0.1, -0.05) is 31.9 Å². The van der Waals surface area contributed by atoms with Crippen molar-refractivity contribution >= 4 is 23.4 Å². The van der Waals surface area contributed by atoms with Crippen LogP contribution < -0.4 is 5.32 Å². The zero-order chi connectivity index (χ0) is 26.0. The minimum absolute atomic E-state index is 0.150. The molecule has 1 heterocycles. The van der Waals surface area contributed by atoms with Gasteiger partial charge in [0, 0.05) is 35.0 Å². The minimum Gasteiger partial charge on any atom is -0.468 e. The Morgan fingerprint density at radius 2 is 1.83 bits per heavy atom. The van der Waals surface area contributed by atoms with E-state index in [0.717, 1.165) is 38.5 Å². The minimum atomic E-state index is -1.02. The lowest BCUT2D eigenvalue weighted by Gasteiger charge is -2.38. The van der Waals surface area contributed by atoms with Crippen LogP contribution in [0.4, 0.5) is 5.69 Å². The maximum Gasteiger partial charge on any atom is 0.337 e. The molecular weight excluding hydrogens is 464 g/mol. The summed E-state index contributed by atoms with van der Waals surface area (Å²) in [5, 5.41) is 14.8. The van der Waals surface area contributed by atoms with E-state index < -0.39 is 34.5 Å². The lowest BCUT2D eigenvalue weighted by Crippen LogP contribution is -2.43. The molecule has 0 saturated heterocycles. The van der Waals surface area contributed by atoms with Crippen molar-refractivity contribution in [3.63, 3.8) is 0 Å². The second-order valence-electron chi connectivity index (χ2n) is 9.91.